The minimum Gasteiger partial charge on any atom is -0.492 e. The molecule has 0 spiro atoms. The molecule has 0 saturated carbocycles. The molecule has 2 atom stereocenters. The van der Waals surface area contributed by atoms with Crippen molar-refractivity contribution in [1.29, 1.82) is 0 Å². The van der Waals surface area contributed by atoms with E-state index in [1.807, 2.05) is 32.9 Å². The number of benzene rings is 1. The highest BCUT2D eigenvalue weighted by Crippen LogP contribution is 2.35. The van der Waals surface area contributed by atoms with Crippen LogP contribution in [-0.2, 0) is 7.05 Å². The van der Waals surface area contributed by atoms with Gasteiger partial charge in [0, 0.05) is 24.7 Å². The maximum absolute atomic E-state index is 12.9. The largest absolute Gasteiger partial charge is 0.492 e. The fourth-order valence-corrected chi connectivity index (χ4v) is 4.05. The summed E-state index contributed by atoms with van der Waals surface area (Å²) in [5, 5.41) is 13.9. The summed E-state index contributed by atoms with van der Waals surface area (Å²) in [5.74, 6) is 0.600. The van der Waals surface area contributed by atoms with Crippen LogP contribution < -0.4 is 15.6 Å². The summed E-state index contributed by atoms with van der Waals surface area (Å²) in [6, 6.07) is 5.34. The highest BCUT2D eigenvalue weighted by atomic mass is 35.5. The third kappa shape index (κ3) is 4.15. The highest BCUT2D eigenvalue weighted by molar-refractivity contribution is 6.37. The molecule has 0 aliphatic rings. The first-order valence-electron chi connectivity index (χ1n) is 9.39. The fourth-order valence-electron chi connectivity index (χ4n) is 3.71. The quantitative estimate of drug-likeness (QED) is 0.588. The SMILES string of the molecule is Cc1nccc2c1c(=O)n(C)c1c(Cl)c(OCC(C)CC(C)NC(=O)O)ccc21. The summed E-state index contributed by atoms with van der Waals surface area (Å²) < 4.78 is 7.44. The average molecular weight is 418 g/mol. The van der Waals surface area contributed by atoms with E-state index in [4.69, 9.17) is 21.4 Å². The van der Waals surface area contributed by atoms with Crippen molar-refractivity contribution in [3.05, 3.63) is 45.5 Å². The number of carboxylic acid groups (broad SMARTS) is 1. The summed E-state index contributed by atoms with van der Waals surface area (Å²) in [5.41, 5.74) is 1.14. The van der Waals surface area contributed by atoms with E-state index < -0.39 is 6.09 Å². The van der Waals surface area contributed by atoms with Crippen LogP contribution in [0, 0.1) is 12.8 Å². The molecule has 1 aromatic carbocycles. The molecule has 0 fully saturated rings. The summed E-state index contributed by atoms with van der Waals surface area (Å²) in [7, 11) is 1.69. The number of aromatic nitrogens is 2. The van der Waals surface area contributed by atoms with Gasteiger partial charge in [-0.2, -0.15) is 0 Å². The summed E-state index contributed by atoms with van der Waals surface area (Å²) in [6.07, 6.45) is 1.28. The minimum atomic E-state index is -1.04. The molecule has 154 valence electrons. The van der Waals surface area contributed by atoms with E-state index in [0.29, 0.717) is 40.4 Å². The molecule has 0 aliphatic heterocycles. The Morgan fingerprint density at radius 3 is 2.72 bits per heavy atom. The van der Waals surface area contributed by atoms with Gasteiger partial charge in [-0.15, -0.1) is 0 Å². The zero-order valence-corrected chi connectivity index (χ0v) is 17.6. The maximum atomic E-state index is 12.9. The first-order chi connectivity index (χ1) is 13.7. The topological polar surface area (TPSA) is 93.5 Å². The third-order valence-electron chi connectivity index (χ3n) is 5.01. The number of nitrogens with one attached hydrogen (secondary N) is 1. The Balaban J connectivity index is 1.93. The first-order valence-corrected chi connectivity index (χ1v) is 9.77. The van der Waals surface area contributed by atoms with Gasteiger partial charge in [0.1, 0.15) is 10.8 Å². The van der Waals surface area contributed by atoms with Crippen molar-refractivity contribution in [2.75, 3.05) is 6.61 Å². The monoisotopic (exact) mass is 417 g/mol. The van der Waals surface area contributed by atoms with Crippen molar-refractivity contribution < 1.29 is 14.6 Å². The van der Waals surface area contributed by atoms with Gasteiger partial charge in [0.2, 0.25) is 0 Å². The molecule has 0 saturated heterocycles. The van der Waals surface area contributed by atoms with Crippen LogP contribution in [0.3, 0.4) is 0 Å². The van der Waals surface area contributed by atoms with Crippen molar-refractivity contribution in [3.63, 3.8) is 0 Å². The Morgan fingerprint density at radius 1 is 1.31 bits per heavy atom. The second-order valence-corrected chi connectivity index (χ2v) is 7.84. The standard InChI is InChI=1S/C21H24ClN3O4/c1-11(9-12(2)24-21(27)28)10-29-16-6-5-15-14-7-8-23-13(3)17(14)20(26)25(4)19(15)18(16)22/h5-8,11-12,24H,9-10H2,1-4H3,(H,27,28). The van der Waals surface area contributed by atoms with Crippen molar-refractivity contribution >= 4 is 39.4 Å². The third-order valence-corrected chi connectivity index (χ3v) is 5.38. The molecular weight excluding hydrogens is 394 g/mol. The van der Waals surface area contributed by atoms with Crippen LogP contribution >= 0.6 is 11.6 Å². The smallest absolute Gasteiger partial charge is 0.404 e. The van der Waals surface area contributed by atoms with E-state index in [-0.39, 0.29) is 17.5 Å². The van der Waals surface area contributed by atoms with Gasteiger partial charge in [-0.05, 0) is 49.8 Å². The Morgan fingerprint density at radius 2 is 2.03 bits per heavy atom. The molecule has 2 aromatic heterocycles. The van der Waals surface area contributed by atoms with Crippen LogP contribution in [0.2, 0.25) is 5.02 Å². The van der Waals surface area contributed by atoms with E-state index in [1.165, 1.54) is 4.57 Å². The summed E-state index contributed by atoms with van der Waals surface area (Å²) >= 11 is 6.63. The normalized spacial score (nSPS) is 13.4. The van der Waals surface area contributed by atoms with Crippen LogP contribution in [0.5, 0.6) is 5.75 Å². The Kier molecular flexibility index (Phi) is 5.98. The van der Waals surface area contributed by atoms with E-state index >= 15 is 0 Å². The number of halogens is 1. The number of ether oxygens (including phenoxy) is 1. The van der Waals surface area contributed by atoms with Crippen LogP contribution in [0.25, 0.3) is 21.7 Å². The predicted octanol–water partition coefficient (Wildman–Crippen LogP) is 4.11. The van der Waals surface area contributed by atoms with Gasteiger partial charge in [-0.3, -0.25) is 9.78 Å². The molecular formula is C21H24ClN3O4. The molecule has 8 heteroatoms. The van der Waals surface area contributed by atoms with Gasteiger partial charge in [0.25, 0.3) is 5.56 Å². The Hall–Kier alpha value is -2.80. The van der Waals surface area contributed by atoms with Crippen LogP contribution in [0.15, 0.2) is 29.2 Å². The number of hydrogen-bond donors (Lipinski definition) is 2. The van der Waals surface area contributed by atoms with Gasteiger partial charge < -0.3 is 19.7 Å². The number of fused-ring (bicyclic) bond motifs is 3. The maximum Gasteiger partial charge on any atom is 0.404 e. The Bertz CT molecular complexity index is 1140. The fraction of sp³-hybridized carbons (Fsp3) is 0.381. The molecule has 0 aliphatic carbocycles. The number of aryl methyl sites for hydroxylation is 2. The van der Waals surface area contributed by atoms with E-state index in [0.717, 1.165) is 10.8 Å². The van der Waals surface area contributed by atoms with Crippen molar-refractivity contribution in [1.82, 2.24) is 14.9 Å². The molecule has 3 rings (SSSR count). The molecule has 1 amide bonds. The Labute approximate surface area is 173 Å². The number of amides is 1. The van der Waals surface area contributed by atoms with Crippen LogP contribution in [0.1, 0.15) is 26.0 Å². The number of pyridine rings is 2. The van der Waals surface area contributed by atoms with Gasteiger partial charge in [0.05, 0.1) is 23.2 Å². The molecule has 29 heavy (non-hydrogen) atoms. The van der Waals surface area contributed by atoms with Gasteiger partial charge >= 0.3 is 6.09 Å². The molecule has 2 heterocycles. The molecule has 3 aromatic rings. The molecule has 2 unspecified atom stereocenters. The molecule has 7 nitrogen and oxygen atoms in total. The summed E-state index contributed by atoms with van der Waals surface area (Å²) in [6.45, 7) is 5.98. The molecule has 0 bridgehead atoms. The lowest BCUT2D eigenvalue weighted by atomic mass is 10.0. The second kappa shape index (κ2) is 8.29. The second-order valence-electron chi connectivity index (χ2n) is 7.46. The van der Waals surface area contributed by atoms with E-state index in [1.54, 1.807) is 19.3 Å². The molecule has 0 radical (unpaired) electrons. The zero-order chi connectivity index (χ0) is 21.3. The zero-order valence-electron chi connectivity index (χ0n) is 16.8. The minimum absolute atomic E-state index is 0.109. The van der Waals surface area contributed by atoms with Gasteiger partial charge in [0.15, 0.2) is 0 Å². The summed E-state index contributed by atoms with van der Waals surface area (Å²) in [4.78, 5) is 27.8. The van der Waals surface area contributed by atoms with E-state index in [9.17, 15) is 9.59 Å². The van der Waals surface area contributed by atoms with Crippen molar-refractivity contribution in [3.8, 4) is 5.75 Å². The van der Waals surface area contributed by atoms with Gasteiger partial charge in [-0.25, -0.2) is 4.79 Å². The van der Waals surface area contributed by atoms with Gasteiger partial charge in [-0.1, -0.05) is 18.5 Å². The lowest BCUT2D eigenvalue weighted by molar-refractivity contribution is 0.185. The van der Waals surface area contributed by atoms with Crippen molar-refractivity contribution in [2.45, 2.75) is 33.2 Å². The average Bonchev–Trinajstić information content (AvgIpc) is 2.64. The number of rotatable bonds is 6. The predicted molar refractivity (Wildman–Crippen MR) is 114 cm³/mol. The highest BCUT2D eigenvalue weighted by Gasteiger charge is 2.17. The number of carbonyl (C=O) groups is 1. The first kappa shape index (κ1) is 20.9. The van der Waals surface area contributed by atoms with E-state index in [2.05, 4.69) is 10.3 Å². The van der Waals surface area contributed by atoms with Crippen molar-refractivity contribution in [2.24, 2.45) is 13.0 Å². The number of nitrogens with zero attached hydrogens (tertiary/aromatic N) is 2. The lowest BCUT2D eigenvalue weighted by Crippen LogP contribution is -2.33. The lowest BCUT2D eigenvalue weighted by Gasteiger charge is -2.19. The van der Waals surface area contributed by atoms with Crippen LogP contribution in [-0.4, -0.2) is 33.4 Å². The van der Waals surface area contributed by atoms with Crippen LogP contribution in [0.4, 0.5) is 4.79 Å². The molecule has 2 N–H and O–H groups in total. The number of hydrogen-bond acceptors (Lipinski definition) is 4.